The number of rotatable bonds is 9. The van der Waals surface area contributed by atoms with Crippen LogP contribution in [0.25, 0.3) is 0 Å². The molecule has 0 aromatic heterocycles. The predicted molar refractivity (Wildman–Crippen MR) is 79.2 cm³/mol. The van der Waals surface area contributed by atoms with Crippen molar-refractivity contribution in [1.29, 1.82) is 0 Å². The summed E-state index contributed by atoms with van der Waals surface area (Å²) in [5.41, 5.74) is 6.18. The Morgan fingerprint density at radius 3 is 2.70 bits per heavy atom. The van der Waals surface area contributed by atoms with Crippen LogP contribution < -0.4 is 15.2 Å². The zero-order valence-electron chi connectivity index (χ0n) is 11.8. The van der Waals surface area contributed by atoms with Crippen LogP contribution in [0.2, 0.25) is 0 Å². The van der Waals surface area contributed by atoms with E-state index in [4.69, 9.17) is 15.2 Å². The van der Waals surface area contributed by atoms with E-state index in [1.54, 1.807) is 24.3 Å². The summed E-state index contributed by atoms with van der Waals surface area (Å²) in [6.07, 6.45) is 0.0892. The predicted octanol–water partition coefficient (Wildman–Crippen LogP) is 0.992. The number of nitrogen functional groups attached to an aromatic ring is 1. The molecule has 0 aliphatic rings. The highest BCUT2D eigenvalue weighted by Crippen LogP contribution is 2.14. The van der Waals surface area contributed by atoms with Gasteiger partial charge < -0.3 is 15.2 Å². The number of anilines is 1. The Kier molecular flexibility index (Phi) is 6.77. The molecule has 1 aromatic rings. The molecule has 0 aliphatic heterocycles. The summed E-state index contributed by atoms with van der Waals surface area (Å²) in [7, 11) is -3.35. The van der Waals surface area contributed by atoms with E-state index < -0.39 is 10.0 Å². The average Bonchev–Trinajstić information content (AvgIpc) is 2.34. The minimum absolute atomic E-state index is 0.0732. The largest absolute Gasteiger partial charge is 0.492 e. The number of nitrogens with one attached hydrogen (secondary N) is 1. The summed E-state index contributed by atoms with van der Waals surface area (Å²) in [5, 5.41) is 0. The van der Waals surface area contributed by atoms with E-state index >= 15 is 0 Å². The molecule has 0 fully saturated rings. The first kappa shape index (κ1) is 16.7. The van der Waals surface area contributed by atoms with Gasteiger partial charge >= 0.3 is 0 Å². The highest BCUT2D eigenvalue weighted by atomic mass is 32.2. The lowest BCUT2D eigenvalue weighted by Crippen LogP contribution is -2.32. The van der Waals surface area contributed by atoms with Crippen LogP contribution in [0.4, 0.5) is 5.69 Å². The topological polar surface area (TPSA) is 90.6 Å². The molecule has 3 N–H and O–H groups in total. The second kappa shape index (κ2) is 8.08. The van der Waals surface area contributed by atoms with Crippen LogP contribution in [0.15, 0.2) is 24.3 Å². The van der Waals surface area contributed by atoms with Crippen molar-refractivity contribution >= 4 is 15.7 Å². The van der Waals surface area contributed by atoms with Crippen LogP contribution in [-0.2, 0) is 14.8 Å². The van der Waals surface area contributed by atoms with Crippen molar-refractivity contribution in [3.05, 3.63) is 24.3 Å². The maximum Gasteiger partial charge on any atom is 0.215 e. The Morgan fingerprint density at radius 2 is 2.05 bits per heavy atom. The van der Waals surface area contributed by atoms with Gasteiger partial charge in [-0.1, -0.05) is 6.07 Å². The van der Waals surface area contributed by atoms with Gasteiger partial charge in [-0.2, -0.15) is 0 Å². The number of hydrogen-bond donors (Lipinski definition) is 2. The molecule has 0 bridgehead atoms. The zero-order chi connectivity index (χ0) is 15.0. The van der Waals surface area contributed by atoms with E-state index in [1.807, 2.05) is 13.8 Å². The maximum absolute atomic E-state index is 11.7. The molecule has 7 heteroatoms. The fourth-order valence-corrected chi connectivity index (χ4v) is 2.28. The number of hydrogen-bond acceptors (Lipinski definition) is 5. The third kappa shape index (κ3) is 7.32. The maximum atomic E-state index is 11.7. The molecule has 1 rings (SSSR count). The first-order valence-electron chi connectivity index (χ1n) is 6.46. The highest BCUT2D eigenvalue weighted by molar-refractivity contribution is 7.89. The smallest absolute Gasteiger partial charge is 0.215 e. The Bertz CT molecular complexity index is 503. The highest BCUT2D eigenvalue weighted by Gasteiger charge is 2.10. The van der Waals surface area contributed by atoms with Crippen LogP contribution in [0.3, 0.4) is 0 Å². The van der Waals surface area contributed by atoms with Crippen molar-refractivity contribution in [3.63, 3.8) is 0 Å². The van der Waals surface area contributed by atoms with Crippen molar-refractivity contribution in [2.24, 2.45) is 0 Å². The summed E-state index contributed by atoms with van der Waals surface area (Å²) in [5.74, 6) is 0.451. The molecule has 0 spiro atoms. The third-order valence-electron chi connectivity index (χ3n) is 2.35. The van der Waals surface area contributed by atoms with Crippen LogP contribution in [0, 0.1) is 0 Å². The molecule has 0 saturated heterocycles. The van der Waals surface area contributed by atoms with Crippen molar-refractivity contribution in [2.75, 3.05) is 31.2 Å². The quantitative estimate of drug-likeness (QED) is 0.524. The summed E-state index contributed by atoms with van der Waals surface area (Å²) in [4.78, 5) is 0. The van der Waals surface area contributed by atoms with E-state index in [1.165, 1.54) is 0 Å². The van der Waals surface area contributed by atoms with E-state index in [-0.39, 0.29) is 25.0 Å². The van der Waals surface area contributed by atoms with E-state index in [9.17, 15) is 8.42 Å². The van der Waals surface area contributed by atoms with Gasteiger partial charge in [-0.25, -0.2) is 13.1 Å². The molecule has 0 heterocycles. The molecule has 6 nitrogen and oxygen atoms in total. The molecule has 0 unspecified atom stereocenters. The minimum Gasteiger partial charge on any atom is -0.492 e. The van der Waals surface area contributed by atoms with E-state index in [2.05, 4.69) is 4.72 Å². The molecule has 0 atom stereocenters. The SMILES string of the molecule is CC(C)OCCNS(=O)(=O)CCOc1cccc(N)c1. The number of nitrogens with two attached hydrogens (primary N) is 1. The van der Waals surface area contributed by atoms with Gasteiger partial charge in [0.1, 0.15) is 12.4 Å². The molecule has 20 heavy (non-hydrogen) atoms. The fourth-order valence-electron chi connectivity index (χ4n) is 1.44. The lowest BCUT2D eigenvalue weighted by atomic mass is 10.3. The van der Waals surface area contributed by atoms with Crippen LogP contribution in [0.1, 0.15) is 13.8 Å². The first-order valence-corrected chi connectivity index (χ1v) is 8.11. The summed E-state index contributed by atoms with van der Waals surface area (Å²) in [6.45, 7) is 4.48. The molecule has 0 amide bonds. The zero-order valence-corrected chi connectivity index (χ0v) is 12.7. The average molecular weight is 302 g/mol. The Hall–Kier alpha value is -1.31. The van der Waals surface area contributed by atoms with Crippen molar-refractivity contribution in [1.82, 2.24) is 4.72 Å². The Balaban J connectivity index is 2.26. The molecule has 0 radical (unpaired) electrons. The molecule has 0 aliphatic carbocycles. The molecular formula is C13H22N2O4S. The van der Waals surface area contributed by atoms with Gasteiger partial charge in [0.05, 0.1) is 18.5 Å². The van der Waals surface area contributed by atoms with E-state index in [0.29, 0.717) is 18.0 Å². The summed E-state index contributed by atoms with van der Waals surface area (Å²) in [6, 6.07) is 6.87. The van der Waals surface area contributed by atoms with Gasteiger partial charge in [0.25, 0.3) is 0 Å². The second-order valence-electron chi connectivity index (χ2n) is 4.55. The van der Waals surface area contributed by atoms with Gasteiger partial charge in [-0.15, -0.1) is 0 Å². The molecular weight excluding hydrogens is 280 g/mol. The van der Waals surface area contributed by atoms with Gasteiger partial charge in [-0.3, -0.25) is 0 Å². The summed E-state index contributed by atoms with van der Waals surface area (Å²) >= 11 is 0. The number of benzene rings is 1. The van der Waals surface area contributed by atoms with E-state index in [0.717, 1.165) is 0 Å². The van der Waals surface area contributed by atoms with Crippen molar-refractivity contribution in [3.8, 4) is 5.75 Å². The minimum atomic E-state index is -3.35. The monoisotopic (exact) mass is 302 g/mol. The molecule has 0 saturated carbocycles. The van der Waals surface area contributed by atoms with Gasteiger partial charge in [-0.05, 0) is 26.0 Å². The third-order valence-corrected chi connectivity index (χ3v) is 3.70. The summed E-state index contributed by atoms with van der Waals surface area (Å²) < 4.78 is 36.4. The van der Waals surface area contributed by atoms with Gasteiger partial charge in [0.15, 0.2) is 0 Å². The molecule has 1 aromatic carbocycles. The first-order chi connectivity index (χ1) is 9.39. The Labute approximate surface area is 120 Å². The normalized spacial score (nSPS) is 11.8. The second-order valence-corrected chi connectivity index (χ2v) is 6.48. The van der Waals surface area contributed by atoms with Crippen molar-refractivity contribution < 1.29 is 17.9 Å². The lowest BCUT2D eigenvalue weighted by molar-refractivity contribution is 0.0833. The fraction of sp³-hybridized carbons (Fsp3) is 0.538. The molecule has 114 valence electrons. The van der Waals surface area contributed by atoms with Gasteiger partial charge in [0, 0.05) is 18.3 Å². The lowest BCUT2D eigenvalue weighted by Gasteiger charge is -2.10. The number of ether oxygens (including phenoxy) is 2. The Morgan fingerprint density at radius 1 is 1.30 bits per heavy atom. The van der Waals surface area contributed by atoms with Gasteiger partial charge in [0.2, 0.25) is 10.0 Å². The van der Waals surface area contributed by atoms with Crippen molar-refractivity contribution in [2.45, 2.75) is 20.0 Å². The standard InChI is InChI=1S/C13H22N2O4S/c1-11(2)18-7-6-15-20(16,17)9-8-19-13-5-3-4-12(14)10-13/h3-5,10-11,15H,6-9,14H2,1-2H3. The van der Waals surface area contributed by atoms with Crippen LogP contribution >= 0.6 is 0 Å². The number of sulfonamides is 1. The van der Waals surface area contributed by atoms with Crippen LogP contribution in [-0.4, -0.2) is 40.0 Å². The van der Waals surface area contributed by atoms with Crippen LogP contribution in [0.5, 0.6) is 5.75 Å².